The molecular weight excluding hydrogens is 359 g/mol. The molecule has 3 rings (SSSR count). The quantitative estimate of drug-likeness (QED) is 0.746. The van der Waals surface area contributed by atoms with Gasteiger partial charge in [-0.2, -0.15) is 0 Å². The van der Waals surface area contributed by atoms with Gasteiger partial charge in [0.2, 0.25) is 10.0 Å². The fourth-order valence-electron chi connectivity index (χ4n) is 2.09. The van der Waals surface area contributed by atoms with Crippen molar-refractivity contribution in [1.29, 1.82) is 0 Å². The predicted molar refractivity (Wildman–Crippen MR) is 89.9 cm³/mol. The summed E-state index contributed by atoms with van der Waals surface area (Å²) in [4.78, 5) is 4.02. The molecular formula is C15H12ClFN2O2S2. The van der Waals surface area contributed by atoms with Gasteiger partial charge in [-0.1, -0.05) is 23.7 Å². The Balaban J connectivity index is 1.69. The second kappa shape index (κ2) is 6.52. The van der Waals surface area contributed by atoms with Crippen molar-refractivity contribution in [1.82, 2.24) is 9.71 Å². The number of halogens is 2. The normalized spacial score (nSPS) is 11.9. The highest BCUT2D eigenvalue weighted by Crippen LogP contribution is 2.22. The number of rotatable bonds is 5. The molecule has 0 saturated carbocycles. The van der Waals surface area contributed by atoms with E-state index in [0.717, 1.165) is 27.4 Å². The van der Waals surface area contributed by atoms with Crippen molar-refractivity contribution in [2.24, 2.45) is 0 Å². The Hall–Kier alpha value is -1.54. The molecule has 0 unspecified atom stereocenters. The molecule has 0 aliphatic heterocycles. The number of nitrogens with one attached hydrogen (secondary N) is 1. The summed E-state index contributed by atoms with van der Waals surface area (Å²) in [5.41, 5.74) is 0.888. The molecule has 0 radical (unpaired) electrons. The minimum Gasteiger partial charge on any atom is -0.241 e. The van der Waals surface area contributed by atoms with Crippen LogP contribution in [0.1, 0.15) is 5.01 Å². The van der Waals surface area contributed by atoms with E-state index in [4.69, 9.17) is 11.6 Å². The molecule has 0 amide bonds. The molecule has 2 aromatic carbocycles. The molecule has 1 N–H and O–H groups in total. The smallest absolute Gasteiger partial charge is 0.241 e. The van der Waals surface area contributed by atoms with Crippen LogP contribution in [0.5, 0.6) is 0 Å². The first kappa shape index (κ1) is 16.3. The van der Waals surface area contributed by atoms with Crippen molar-refractivity contribution in [3.63, 3.8) is 0 Å². The molecule has 8 heteroatoms. The minimum absolute atomic E-state index is 0.143. The van der Waals surface area contributed by atoms with E-state index in [1.54, 1.807) is 0 Å². The van der Waals surface area contributed by atoms with Gasteiger partial charge >= 0.3 is 0 Å². The zero-order valence-corrected chi connectivity index (χ0v) is 14.2. The van der Waals surface area contributed by atoms with Gasteiger partial charge in [-0.15, -0.1) is 11.3 Å². The summed E-state index contributed by atoms with van der Waals surface area (Å²) in [5, 5.41) is 0.974. The van der Waals surface area contributed by atoms with Crippen molar-refractivity contribution in [3.8, 4) is 0 Å². The van der Waals surface area contributed by atoms with Crippen molar-refractivity contribution in [3.05, 3.63) is 58.3 Å². The van der Waals surface area contributed by atoms with E-state index in [-0.39, 0.29) is 11.6 Å². The standard InChI is InChI=1S/C15H12ClFN2O2S2/c16-10-5-6-14(11(17)9-10)23(20,21)18-8-7-15-19-12-3-1-2-4-13(12)22-15/h1-6,9,18H,7-8H2. The van der Waals surface area contributed by atoms with Gasteiger partial charge in [0.05, 0.1) is 15.2 Å². The zero-order chi connectivity index (χ0) is 16.4. The molecule has 0 aliphatic rings. The fraction of sp³-hybridized carbons (Fsp3) is 0.133. The molecule has 120 valence electrons. The molecule has 23 heavy (non-hydrogen) atoms. The molecule has 0 bridgehead atoms. The number of nitrogens with zero attached hydrogens (tertiary/aromatic N) is 1. The lowest BCUT2D eigenvalue weighted by Crippen LogP contribution is -2.26. The van der Waals surface area contributed by atoms with Crippen molar-refractivity contribution >= 4 is 43.2 Å². The van der Waals surface area contributed by atoms with Gasteiger partial charge in [-0.25, -0.2) is 22.5 Å². The number of benzene rings is 2. The summed E-state index contributed by atoms with van der Waals surface area (Å²) in [6, 6.07) is 11.2. The first-order valence-electron chi connectivity index (χ1n) is 6.75. The summed E-state index contributed by atoms with van der Waals surface area (Å²) in [6.07, 6.45) is 0.438. The summed E-state index contributed by atoms with van der Waals surface area (Å²) >= 11 is 7.14. The molecule has 0 aliphatic carbocycles. The van der Waals surface area contributed by atoms with Crippen LogP contribution in [0, 0.1) is 5.82 Å². The fourth-order valence-corrected chi connectivity index (χ4v) is 4.30. The molecule has 1 aromatic heterocycles. The lowest BCUT2D eigenvalue weighted by molar-refractivity contribution is 0.557. The van der Waals surface area contributed by atoms with E-state index >= 15 is 0 Å². The highest BCUT2D eigenvalue weighted by molar-refractivity contribution is 7.89. The maximum atomic E-state index is 13.7. The van der Waals surface area contributed by atoms with Gasteiger partial charge in [-0.05, 0) is 30.3 Å². The number of hydrogen-bond donors (Lipinski definition) is 1. The number of para-hydroxylation sites is 1. The molecule has 0 saturated heterocycles. The van der Waals surface area contributed by atoms with E-state index in [1.165, 1.54) is 17.4 Å². The molecule has 4 nitrogen and oxygen atoms in total. The van der Waals surface area contributed by atoms with Gasteiger partial charge < -0.3 is 0 Å². The largest absolute Gasteiger partial charge is 0.243 e. The highest BCUT2D eigenvalue weighted by atomic mass is 35.5. The number of aromatic nitrogens is 1. The van der Waals surface area contributed by atoms with Gasteiger partial charge in [0.25, 0.3) is 0 Å². The Morgan fingerprint density at radius 3 is 2.74 bits per heavy atom. The van der Waals surface area contributed by atoms with Crippen LogP contribution in [0.4, 0.5) is 4.39 Å². The van der Waals surface area contributed by atoms with Crippen LogP contribution in [0.25, 0.3) is 10.2 Å². The Morgan fingerprint density at radius 1 is 1.22 bits per heavy atom. The highest BCUT2D eigenvalue weighted by Gasteiger charge is 2.18. The molecule has 0 atom stereocenters. The third kappa shape index (κ3) is 3.69. The average molecular weight is 371 g/mol. The first-order chi connectivity index (χ1) is 11.0. The topological polar surface area (TPSA) is 59.1 Å². The van der Waals surface area contributed by atoms with E-state index in [0.29, 0.717) is 6.42 Å². The average Bonchev–Trinajstić information content (AvgIpc) is 2.89. The molecule has 0 spiro atoms. The SMILES string of the molecule is O=S(=O)(NCCc1nc2ccccc2s1)c1ccc(Cl)cc1F. The lowest BCUT2D eigenvalue weighted by atomic mass is 10.3. The summed E-state index contributed by atoms with van der Waals surface area (Å²) in [7, 11) is -3.91. The maximum Gasteiger partial charge on any atom is 0.243 e. The van der Waals surface area contributed by atoms with Crippen LogP contribution in [-0.2, 0) is 16.4 Å². The number of hydrogen-bond acceptors (Lipinski definition) is 4. The monoisotopic (exact) mass is 370 g/mol. The Kier molecular flexibility index (Phi) is 4.63. The third-order valence-electron chi connectivity index (χ3n) is 3.15. The Morgan fingerprint density at radius 2 is 2.00 bits per heavy atom. The maximum absolute atomic E-state index is 13.7. The van der Waals surface area contributed by atoms with Crippen LogP contribution in [-0.4, -0.2) is 19.9 Å². The number of sulfonamides is 1. The van der Waals surface area contributed by atoms with Gasteiger partial charge in [0.15, 0.2) is 0 Å². The van der Waals surface area contributed by atoms with Crippen LogP contribution < -0.4 is 4.72 Å². The van der Waals surface area contributed by atoms with Crippen LogP contribution in [0.15, 0.2) is 47.4 Å². The molecule has 3 aromatic rings. The minimum atomic E-state index is -3.91. The summed E-state index contributed by atoms with van der Waals surface area (Å²) in [6.45, 7) is 0.143. The summed E-state index contributed by atoms with van der Waals surface area (Å²) in [5.74, 6) is -0.870. The Labute approximate surface area is 142 Å². The van der Waals surface area contributed by atoms with Crippen LogP contribution in [0.3, 0.4) is 0 Å². The number of thiazole rings is 1. The number of fused-ring (bicyclic) bond motifs is 1. The van der Waals surface area contributed by atoms with Crippen LogP contribution >= 0.6 is 22.9 Å². The second-order valence-corrected chi connectivity index (χ2v) is 8.08. The second-order valence-electron chi connectivity index (χ2n) is 4.80. The third-order valence-corrected chi connectivity index (χ3v) is 5.98. The first-order valence-corrected chi connectivity index (χ1v) is 9.43. The van der Waals surface area contributed by atoms with Gasteiger partial charge in [0.1, 0.15) is 10.7 Å². The van der Waals surface area contributed by atoms with Crippen molar-refractivity contribution in [2.45, 2.75) is 11.3 Å². The van der Waals surface area contributed by atoms with E-state index in [2.05, 4.69) is 9.71 Å². The molecule has 0 fully saturated rings. The predicted octanol–water partition coefficient (Wildman–Crippen LogP) is 3.61. The van der Waals surface area contributed by atoms with Crippen LogP contribution in [0.2, 0.25) is 5.02 Å². The van der Waals surface area contributed by atoms with Gasteiger partial charge in [-0.3, -0.25) is 0 Å². The van der Waals surface area contributed by atoms with E-state index in [9.17, 15) is 12.8 Å². The summed E-state index contributed by atoms with van der Waals surface area (Å²) < 4.78 is 41.4. The Bertz CT molecular complexity index is 924. The lowest BCUT2D eigenvalue weighted by Gasteiger charge is -2.07. The van der Waals surface area contributed by atoms with Crippen molar-refractivity contribution in [2.75, 3.05) is 6.54 Å². The van der Waals surface area contributed by atoms with E-state index < -0.39 is 20.7 Å². The van der Waals surface area contributed by atoms with Crippen molar-refractivity contribution < 1.29 is 12.8 Å². The molecule has 1 heterocycles. The van der Waals surface area contributed by atoms with Gasteiger partial charge in [0, 0.05) is 18.0 Å². The zero-order valence-electron chi connectivity index (χ0n) is 11.8. The van der Waals surface area contributed by atoms with E-state index in [1.807, 2.05) is 24.3 Å².